The first-order valence-electron chi connectivity index (χ1n) is 14.3. The number of hydrogen-bond acceptors (Lipinski definition) is 13. The van der Waals surface area contributed by atoms with E-state index in [-0.39, 0.29) is 31.8 Å². The van der Waals surface area contributed by atoms with Crippen molar-refractivity contribution in [3.8, 4) is 0 Å². The van der Waals surface area contributed by atoms with Crippen LogP contribution >= 0.6 is 0 Å². The summed E-state index contributed by atoms with van der Waals surface area (Å²) in [5.41, 5.74) is 1.05. The highest BCUT2D eigenvalue weighted by atomic mass is 16.6. The van der Waals surface area contributed by atoms with Crippen LogP contribution in [0.3, 0.4) is 0 Å². The molecule has 5 rings (SSSR count). The van der Waals surface area contributed by atoms with Gasteiger partial charge in [0.15, 0.2) is 11.5 Å². The minimum atomic E-state index is -2.25. The highest BCUT2D eigenvalue weighted by molar-refractivity contribution is 5.96. The van der Waals surface area contributed by atoms with Gasteiger partial charge in [-0.25, -0.2) is 14.4 Å². The van der Waals surface area contributed by atoms with E-state index in [1.807, 2.05) is 0 Å². The van der Waals surface area contributed by atoms with Crippen LogP contribution in [0.5, 0.6) is 0 Å². The van der Waals surface area contributed by atoms with Gasteiger partial charge >= 0.3 is 17.9 Å². The molecule has 2 bridgehead atoms. The third kappa shape index (κ3) is 4.22. The van der Waals surface area contributed by atoms with Gasteiger partial charge in [-0.2, -0.15) is 0 Å². The summed E-state index contributed by atoms with van der Waals surface area (Å²) < 4.78 is 28.5. The molecule has 13 nitrogen and oxygen atoms in total. The van der Waals surface area contributed by atoms with E-state index in [0.29, 0.717) is 17.4 Å². The molecule has 11 atom stereocenters. The molecular formula is C30H39NO12. The van der Waals surface area contributed by atoms with Gasteiger partial charge in [0.25, 0.3) is 0 Å². The van der Waals surface area contributed by atoms with Crippen molar-refractivity contribution in [1.29, 1.82) is 0 Å². The second-order valence-electron chi connectivity index (χ2n) is 13.4. The summed E-state index contributed by atoms with van der Waals surface area (Å²) in [6, 6.07) is 0. The predicted molar refractivity (Wildman–Crippen MR) is 144 cm³/mol. The van der Waals surface area contributed by atoms with Crippen LogP contribution in [0.1, 0.15) is 47.5 Å². The van der Waals surface area contributed by atoms with E-state index < -0.39 is 87.8 Å². The average molecular weight is 606 g/mol. The number of Topliss-reactive ketones (excluding diaryl/α,β-unsaturated/α-hetero) is 1. The maximum Gasteiger partial charge on any atom is 0.348 e. The quantitative estimate of drug-likeness (QED) is 0.151. The SMILES string of the molecule is COC(=O)[C@@]12OC[C@]34C([C@@H](O)[C@@H]1O)[C@@]1(C)CC(=O)C(OC[C@@](C)(N)C=O)=C(C)[C@@H]1C[C@H]3OC(=O)[C@H](OC(=O)C=C(C)C)[C@@H]24. The Morgan fingerprint density at radius 2 is 1.88 bits per heavy atom. The number of aldehydes is 1. The lowest BCUT2D eigenvalue weighted by Crippen LogP contribution is -2.79. The highest BCUT2D eigenvalue weighted by Crippen LogP contribution is 2.72. The first-order chi connectivity index (χ1) is 20.0. The molecule has 2 saturated heterocycles. The zero-order valence-electron chi connectivity index (χ0n) is 25.1. The number of carbonyl (C=O) groups excluding carboxylic acids is 5. The molecule has 0 aromatic heterocycles. The number of methoxy groups -OCH3 is 1. The molecule has 4 fully saturated rings. The molecule has 0 radical (unpaired) electrons. The van der Waals surface area contributed by atoms with Gasteiger partial charge in [0.05, 0.1) is 25.7 Å². The molecule has 2 aliphatic heterocycles. The van der Waals surface area contributed by atoms with Crippen molar-refractivity contribution in [2.45, 2.75) is 83.0 Å². The number of fused-ring (bicyclic) bond motifs is 2. The zero-order valence-corrected chi connectivity index (χ0v) is 25.1. The normalized spacial score (nSPS) is 42.5. The Labute approximate surface area is 248 Å². The number of esters is 3. The lowest BCUT2D eigenvalue weighted by molar-refractivity contribution is -0.290. The zero-order chi connectivity index (χ0) is 31.9. The molecule has 5 aliphatic rings. The molecule has 0 amide bonds. The smallest absolute Gasteiger partial charge is 0.348 e. The van der Waals surface area contributed by atoms with Crippen molar-refractivity contribution >= 4 is 30.0 Å². The van der Waals surface area contributed by atoms with Crippen molar-refractivity contribution < 1.29 is 57.9 Å². The predicted octanol–water partition coefficient (Wildman–Crippen LogP) is -0.108. The Bertz CT molecular complexity index is 1330. The summed E-state index contributed by atoms with van der Waals surface area (Å²) in [4.78, 5) is 64.8. The van der Waals surface area contributed by atoms with Gasteiger partial charge in [0.2, 0.25) is 11.7 Å². The third-order valence-corrected chi connectivity index (χ3v) is 10.3. The van der Waals surface area contributed by atoms with Gasteiger partial charge in [-0.3, -0.25) is 4.79 Å². The fraction of sp³-hybridized carbons (Fsp3) is 0.700. The number of aliphatic hydroxyl groups is 2. The molecule has 0 aromatic rings. The number of nitrogens with two attached hydrogens (primary N) is 1. The van der Waals surface area contributed by atoms with E-state index in [1.165, 1.54) is 13.0 Å². The van der Waals surface area contributed by atoms with Crippen molar-refractivity contribution in [3.05, 3.63) is 23.0 Å². The Morgan fingerprint density at radius 1 is 1.21 bits per heavy atom. The standard InChI is InChI=1S/C30H39NO12/c1-13(2)7-18(34)43-21-23-29-12-41-30(23,26(38)39-6)24(36)19(35)22(29)28(5)9-16(33)20(40-11-27(4,31)10-32)14(3)15(28)8-17(29)42-25(21)37/h7,10,15,17,19,21-24,35-36H,8-9,11-12,31H2,1-6H3/t15-,17+,19+,21+,22?,23+,24-,27-,28-,29+,30-/m0/s1. The van der Waals surface area contributed by atoms with E-state index in [4.69, 9.17) is 29.4 Å². The fourth-order valence-corrected chi connectivity index (χ4v) is 8.70. The van der Waals surface area contributed by atoms with Gasteiger partial charge in [-0.05, 0) is 51.0 Å². The van der Waals surface area contributed by atoms with Crippen LogP contribution in [-0.4, -0.2) is 96.1 Å². The van der Waals surface area contributed by atoms with Crippen LogP contribution in [0.4, 0.5) is 0 Å². The minimum Gasteiger partial charge on any atom is -0.488 e. The van der Waals surface area contributed by atoms with Crippen molar-refractivity contribution in [2.75, 3.05) is 20.3 Å². The molecule has 2 saturated carbocycles. The maximum absolute atomic E-state index is 13.6. The van der Waals surface area contributed by atoms with Gasteiger partial charge in [0, 0.05) is 23.8 Å². The largest absolute Gasteiger partial charge is 0.488 e. The summed E-state index contributed by atoms with van der Waals surface area (Å²) in [6.45, 7) is 7.81. The van der Waals surface area contributed by atoms with E-state index in [0.717, 1.165) is 7.11 Å². The van der Waals surface area contributed by atoms with Gasteiger partial charge in [-0.1, -0.05) is 12.5 Å². The van der Waals surface area contributed by atoms with E-state index in [2.05, 4.69) is 0 Å². The topological polar surface area (TPSA) is 198 Å². The van der Waals surface area contributed by atoms with Crippen molar-refractivity contribution in [3.63, 3.8) is 0 Å². The van der Waals surface area contributed by atoms with Crippen LogP contribution in [0.25, 0.3) is 0 Å². The van der Waals surface area contributed by atoms with Crippen molar-refractivity contribution in [1.82, 2.24) is 0 Å². The number of ketones is 1. The Hall–Kier alpha value is -3.13. The van der Waals surface area contributed by atoms with Gasteiger partial charge in [-0.15, -0.1) is 0 Å². The first kappa shape index (κ1) is 31.3. The number of hydrogen-bond donors (Lipinski definition) is 3. The second-order valence-corrected chi connectivity index (χ2v) is 13.4. The van der Waals surface area contributed by atoms with Crippen LogP contribution in [0, 0.1) is 28.6 Å². The number of ether oxygens (including phenoxy) is 5. The van der Waals surface area contributed by atoms with Crippen LogP contribution in [-0.2, 0) is 47.7 Å². The summed E-state index contributed by atoms with van der Waals surface area (Å²) in [7, 11) is 1.09. The summed E-state index contributed by atoms with van der Waals surface area (Å²) in [5, 5.41) is 23.5. The molecule has 13 heteroatoms. The fourth-order valence-electron chi connectivity index (χ4n) is 8.70. The molecule has 2 heterocycles. The monoisotopic (exact) mass is 605 g/mol. The molecule has 236 valence electrons. The first-order valence-corrected chi connectivity index (χ1v) is 14.3. The van der Waals surface area contributed by atoms with Crippen LogP contribution in [0.15, 0.2) is 23.0 Å². The lowest BCUT2D eigenvalue weighted by atomic mass is 9.38. The van der Waals surface area contributed by atoms with Gasteiger partial charge in [0.1, 0.15) is 30.6 Å². The molecule has 1 unspecified atom stereocenters. The maximum atomic E-state index is 13.6. The Balaban J connectivity index is 1.66. The van der Waals surface area contributed by atoms with E-state index in [9.17, 15) is 34.2 Å². The second kappa shape index (κ2) is 10.2. The third-order valence-electron chi connectivity index (χ3n) is 10.3. The molecule has 3 aliphatic carbocycles. The van der Waals surface area contributed by atoms with Crippen molar-refractivity contribution in [2.24, 2.45) is 34.3 Å². The number of carbonyl (C=O) groups is 5. The van der Waals surface area contributed by atoms with Crippen LogP contribution < -0.4 is 5.73 Å². The highest BCUT2D eigenvalue weighted by Gasteiger charge is 2.85. The Kier molecular flexibility index (Phi) is 7.44. The Morgan fingerprint density at radius 3 is 2.49 bits per heavy atom. The number of rotatable bonds is 7. The van der Waals surface area contributed by atoms with Gasteiger partial charge < -0.3 is 44.4 Å². The minimum absolute atomic E-state index is 0.0431. The lowest BCUT2D eigenvalue weighted by Gasteiger charge is -2.67. The average Bonchev–Trinajstić information content (AvgIpc) is 3.23. The number of allylic oxidation sites excluding steroid dienone is 3. The molecule has 4 N–H and O–H groups in total. The number of aliphatic hydroxyl groups excluding tert-OH is 2. The molecule has 0 aromatic carbocycles. The van der Waals surface area contributed by atoms with E-state index >= 15 is 0 Å². The summed E-state index contributed by atoms with van der Waals surface area (Å²) in [6.07, 6.45) is -4.42. The van der Waals surface area contributed by atoms with E-state index in [1.54, 1.807) is 27.7 Å². The summed E-state index contributed by atoms with van der Waals surface area (Å²) >= 11 is 0. The van der Waals surface area contributed by atoms with Crippen LogP contribution in [0.2, 0.25) is 0 Å². The summed E-state index contributed by atoms with van der Waals surface area (Å²) in [5.74, 6) is -5.92. The molecule has 43 heavy (non-hydrogen) atoms. The molecule has 1 spiro atoms. The molecular weight excluding hydrogens is 566 g/mol.